The van der Waals surface area contributed by atoms with Crippen LogP contribution >= 0.6 is 27.3 Å². The fraction of sp³-hybridized carbons (Fsp3) is 0.273. The van der Waals surface area contributed by atoms with Gasteiger partial charge in [0.15, 0.2) is 5.82 Å². The van der Waals surface area contributed by atoms with E-state index in [4.69, 9.17) is 0 Å². The zero-order valence-corrected chi connectivity index (χ0v) is 11.6. The van der Waals surface area contributed by atoms with E-state index in [9.17, 15) is 9.90 Å². The Morgan fingerprint density at radius 3 is 2.82 bits per heavy atom. The molecule has 2 aromatic rings. The second-order valence-electron chi connectivity index (χ2n) is 3.57. The van der Waals surface area contributed by atoms with Crippen LogP contribution in [0, 0.1) is 0 Å². The first-order valence-electron chi connectivity index (χ1n) is 5.19. The number of aromatic nitrogens is 2. The smallest absolute Gasteiger partial charge is 0.258 e. The van der Waals surface area contributed by atoms with E-state index < -0.39 is 0 Å². The van der Waals surface area contributed by atoms with E-state index in [0.717, 1.165) is 15.1 Å². The van der Waals surface area contributed by atoms with Gasteiger partial charge in [0.1, 0.15) is 0 Å². The third-order valence-corrected chi connectivity index (χ3v) is 3.93. The minimum absolute atomic E-state index is 0.171. The van der Waals surface area contributed by atoms with Crippen molar-refractivity contribution in [2.75, 3.05) is 0 Å². The topological polar surface area (TPSA) is 66.0 Å². The molecule has 0 atom stereocenters. The summed E-state index contributed by atoms with van der Waals surface area (Å²) in [6.45, 7) is 1.95. The van der Waals surface area contributed by atoms with Crippen LogP contribution in [0.25, 0.3) is 10.7 Å². The quantitative estimate of drug-likeness (QED) is 0.915. The molecule has 0 aliphatic carbocycles. The molecule has 0 unspecified atom stereocenters. The van der Waals surface area contributed by atoms with Crippen LogP contribution in [0.15, 0.2) is 20.7 Å². The van der Waals surface area contributed by atoms with Crippen LogP contribution in [-0.4, -0.2) is 15.1 Å². The Balaban J connectivity index is 2.49. The molecule has 0 aliphatic heterocycles. The lowest BCUT2D eigenvalue weighted by Crippen LogP contribution is -2.14. The molecule has 0 bridgehead atoms. The van der Waals surface area contributed by atoms with Gasteiger partial charge in [-0.25, -0.2) is 0 Å². The van der Waals surface area contributed by atoms with E-state index in [1.54, 1.807) is 0 Å². The second-order valence-corrected chi connectivity index (χ2v) is 6.03. The lowest BCUT2D eigenvalue weighted by Gasteiger charge is -2.03. The highest BCUT2D eigenvalue weighted by atomic mass is 79.9. The van der Waals surface area contributed by atoms with E-state index in [0.29, 0.717) is 17.8 Å². The van der Waals surface area contributed by atoms with Crippen LogP contribution < -0.4 is 5.56 Å². The summed E-state index contributed by atoms with van der Waals surface area (Å²) in [5.41, 5.74) is 0.0887. The number of H-pyrrole nitrogens is 1. The predicted molar refractivity (Wildman–Crippen MR) is 71.5 cm³/mol. The molecule has 0 saturated heterocycles. The molecule has 90 valence electrons. The number of aromatic hydroxyl groups is 1. The minimum Gasteiger partial charge on any atom is -0.493 e. The van der Waals surface area contributed by atoms with Gasteiger partial charge in [0, 0.05) is 0 Å². The van der Waals surface area contributed by atoms with Gasteiger partial charge >= 0.3 is 0 Å². The molecule has 2 aromatic heterocycles. The number of hydrogen-bond donors (Lipinski definition) is 2. The zero-order chi connectivity index (χ0) is 12.4. The zero-order valence-electron chi connectivity index (χ0n) is 9.16. The van der Waals surface area contributed by atoms with E-state index >= 15 is 0 Å². The van der Waals surface area contributed by atoms with Crippen LogP contribution in [0.2, 0.25) is 0 Å². The second kappa shape index (κ2) is 5.01. The highest BCUT2D eigenvalue weighted by Crippen LogP contribution is 2.29. The van der Waals surface area contributed by atoms with E-state index in [2.05, 4.69) is 25.9 Å². The largest absolute Gasteiger partial charge is 0.493 e. The molecule has 2 N–H and O–H groups in total. The Hall–Kier alpha value is -1.14. The number of rotatable bonds is 3. The maximum atomic E-state index is 11.8. The number of hydrogen-bond acceptors (Lipinski definition) is 4. The average Bonchev–Trinajstić information content (AvgIpc) is 2.70. The summed E-state index contributed by atoms with van der Waals surface area (Å²) in [5, 5.41) is 9.73. The van der Waals surface area contributed by atoms with E-state index in [-0.39, 0.29) is 11.4 Å². The van der Waals surface area contributed by atoms with Gasteiger partial charge in [-0.15, -0.1) is 11.3 Å². The fourth-order valence-electron chi connectivity index (χ4n) is 1.52. The fourth-order valence-corrected chi connectivity index (χ4v) is 2.85. The lowest BCUT2D eigenvalue weighted by atomic mass is 10.2. The summed E-state index contributed by atoms with van der Waals surface area (Å²) >= 11 is 4.79. The van der Waals surface area contributed by atoms with Gasteiger partial charge in [0.25, 0.3) is 5.56 Å². The first-order chi connectivity index (χ1) is 8.11. The van der Waals surface area contributed by atoms with Gasteiger partial charge in [-0.2, -0.15) is 4.98 Å². The Kier molecular flexibility index (Phi) is 3.63. The van der Waals surface area contributed by atoms with Crippen LogP contribution in [0.1, 0.15) is 18.9 Å². The third-order valence-electron chi connectivity index (χ3n) is 2.30. The molecule has 0 aliphatic rings. The number of thiophene rings is 1. The van der Waals surface area contributed by atoms with Gasteiger partial charge in [0.05, 0.1) is 14.2 Å². The van der Waals surface area contributed by atoms with Crippen LogP contribution in [0.4, 0.5) is 0 Å². The summed E-state index contributed by atoms with van der Waals surface area (Å²) < 4.78 is 0.951. The van der Waals surface area contributed by atoms with Crippen molar-refractivity contribution in [1.82, 2.24) is 9.97 Å². The Bertz CT molecular complexity index is 591. The SMILES string of the molecule is CCCc1c(O)nc(-c2ccc(Br)s2)[nH]c1=O. The first kappa shape index (κ1) is 12.3. The van der Waals surface area contributed by atoms with Crippen molar-refractivity contribution in [3.8, 4) is 16.6 Å². The minimum atomic E-state index is -0.265. The van der Waals surface area contributed by atoms with Crippen molar-refractivity contribution in [3.05, 3.63) is 31.8 Å². The summed E-state index contributed by atoms with van der Waals surface area (Å²) in [7, 11) is 0. The molecule has 17 heavy (non-hydrogen) atoms. The molecule has 0 fully saturated rings. The van der Waals surface area contributed by atoms with Gasteiger partial charge < -0.3 is 10.1 Å². The van der Waals surface area contributed by atoms with Crippen molar-refractivity contribution in [2.45, 2.75) is 19.8 Å². The van der Waals surface area contributed by atoms with Crippen molar-refractivity contribution < 1.29 is 5.11 Å². The van der Waals surface area contributed by atoms with Gasteiger partial charge in [-0.3, -0.25) is 4.79 Å². The number of nitrogens with zero attached hydrogens (tertiary/aromatic N) is 1. The summed E-state index contributed by atoms with van der Waals surface area (Å²) in [4.78, 5) is 19.3. The Morgan fingerprint density at radius 1 is 1.53 bits per heavy atom. The predicted octanol–water partition coefficient (Wildman–Crippen LogP) is 2.92. The van der Waals surface area contributed by atoms with Crippen molar-refractivity contribution >= 4 is 27.3 Å². The number of nitrogens with one attached hydrogen (secondary N) is 1. The molecule has 0 spiro atoms. The Labute approximate surface area is 110 Å². The highest BCUT2D eigenvalue weighted by molar-refractivity contribution is 9.11. The summed E-state index contributed by atoms with van der Waals surface area (Å²) in [6, 6.07) is 3.71. The van der Waals surface area contributed by atoms with Crippen molar-refractivity contribution in [2.24, 2.45) is 0 Å². The molecule has 0 saturated carbocycles. The van der Waals surface area contributed by atoms with Gasteiger partial charge in [0.2, 0.25) is 5.88 Å². The molecule has 0 amide bonds. The van der Waals surface area contributed by atoms with Crippen molar-refractivity contribution in [3.63, 3.8) is 0 Å². The highest BCUT2D eigenvalue weighted by Gasteiger charge is 2.12. The van der Waals surface area contributed by atoms with E-state index in [1.807, 2.05) is 19.1 Å². The van der Waals surface area contributed by atoms with Crippen LogP contribution in [0.3, 0.4) is 0 Å². The molecule has 0 aromatic carbocycles. The molecular formula is C11H11BrN2O2S. The molecular weight excluding hydrogens is 304 g/mol. The maximum Gasteiger partial charge on any atom is 0.258 e. The summed E-state index contributed by atoms with van der Waals surface area (Å²) in [5.74, 6) is 0.234. The number of aromatic amines is 1. The van der Waals surface area contributed by atoms with Gasteiger partial charge in [-0.1, -0.05) is 13.3 Å². The van der Waals surface area contributed by atoms with Crippen LogP contribution in [0.5, 0.6) is 5.88 Å². The third kappa shape index (κ3) is 2.58. The number of halogens is 1. The van der Waals surface area contributed by atoms with Gasteiger partial charge in [-0.05, 0) is 34.5 Å². The monoisotopic (exact) mass is 314 g/mol. The van der Waals surface area contributed by atoms with Crippen molar-refractivity contribution in [1.29, 1.82) is 0 Å². The average molecular weight is 315 g/mol. The maximum absolute atomic E-state index is 11.8. The molecule has 2 rings (SSSR count). The first-order valence-corrected chi connectivity index (χ1v) is 6.80. The molecule has 6 heteroatoms. The Morgan fingerprint density at radius 2 is 2.29 bits per heavy atom. The normalized spacial score (nSPS) is 10.7. The van der Waals surface area contributed by atoms with Crippen LogP contribution in [-0.2, 0) is 6.42 Å². The molecule has 2 heterocycles. The molecule has 0 radical (unpaired) electrons. The molecule has 4 nitrogen and oxygen atoms in total. The lowest BCUT2D eigenvalue weighted by molar-refractivity contribution is 0.443. The summed E-state index contributed by atoms with van der Waals surface area (Å²) in [6.07, 6.45) is 1.32. The van der Waals surface area contributed by atoms with E-state index in [1.165, 1.54) is 11.3 Å². The standard InChI is InChI=1S/C11H11BrN2O2S/c1-2-3-6-10(15)13-9(14-11(6)16)7-4-5-8(12)17-7/h4-5H,2-3H2,1H3,(H2,13,14,15,16).